The van der Waals surface area contributed by atoms with E-state index in [-0.39, 0.29) is 35.3 Å². The monoisotopic (exact) mass is 644 g/mol. The minimum absolute atomic E-state index is 0.0495. The molecular weight excluding hydrogens is 597 g/mol. The molecule has 3 aliphatic heterocycles. The van der Waals surface area contributed by atoms with Crippen molar-refractivity contribution in [2.45, 2.75) is 96.4 Å². The van der Waals surface area contributed by atoms with Gasteiger partial charge in [0.05, 0.1) is 30.3 Å². The smallest absolute Gasteiger partial charge is 0.356 e. The second kappa shape index (κ2) is 14.0. The molecule has 6 rings (SSSR count). The lowest BCUT2D eigenvalue weighted by atomic mass is 9.77. The summed E-state index contributed by atoms with van der Waals surface area (Å²) in [6, 6.07) is 4.18. The van der Waals surface area contributed by atoms with Gasteiger partial charge in [0.25, 0.3) is 0 Å². The molecule has 2 N–H and O–H groups in total. The Morgan fingerprint density at radius 1 is 1.09 bits per heavy atom. The summed E-state index contributed by atoms with van der Waals surface area (Å²) in [6.07, 6.45) is 5.50. The van der Waals surface area contributed by atoms with Crippen LogP contribution in [0.4, 0.5) is 13.2 Å². The number of alkyl halides is 3. The molecule has 9 nitrogen and oxygen atoms in total. The van der Waals surface area contributed by atoms with Crippen LogP contribution < -0.4 is 10.6 Å². The van der Waals surface area contributed by atoms with Gasteiger partial charge in [-0.1, -0.05) is 31.7 Å². The molecule has 0 bridgehead atoms. The lowest BCUT2D eigenvalue weighted by molar-refractivity contribution is -0.142. The number of carbonyl (C=O) groups excluding carboxylic acids is 2. The average molecular weight is 645 g/mol. The van der Waals surface area contributed by atoms with Crippen molar-refractivity contribution >= 4 is 11.8 Å². The topological polar surface area (TPSA) is 91.7 Å². The number of hydrogen-bond acceptors (Lipinski definition) is 6. The van der Waals surface area contributed by atoms with Gasteiger partial charge in [0.15, 0.2) is 0 Å². The molecule has 46 heavy (non-hydrogen) atoms. The van der Waals surface area contributed by atoms with Gasteiger partial charge >= 0.3 is 6.18 Å². The van der Waals surface area contributed by atoms with Crippen molar-refractivity contribution < 1.29 is 27.6 Å². The van der Waals surface area contributed by atoms with Gasteiger partial charge in [0.1, 0.15) is 0 Å². The zero-order valence-electron chi connectivity index (χ0n) is 26.9. The number of likely N-dealkylation sites (tertiary alicyclic amines) is 1. The van der Waals surface area contributed by atoms with Gasteiger partial charge in [-0.3, -0.25) is 14.3 Å². The van der Waals surface area contributed by atoms with E-state index in [1.54, 1.807) is 13.2 Å². The summed E-state index contributed by atoms with van der Waals surface area (Å²) in [6.45, 7) is 5.21. The Kier molecular flexibility index (Phi) is 10.1. The van der Waals surface area contributed by atoms with Crippen LogP contribution in [-0.4, -0.2) is 71.4 Å². The molecule has 1 aliphatic carbocycles. The largest absolute Gasteiger partial charge is 0.416 e. The van der Waals surface area contributed by atoms with Crippen molar-refractivity contribution in [2.75, 3.05) is 39.8 Å². The number of hydrogen-bond donors (Lipinski definition) is 2. The number of piperidine rings is 1. The zero-order valence-corrected chi connectivity index (χ0v) is 26.9. The Bertz CT molecular complexity index is 1390. The Morgan fingerprint density at radius 2 is 1.85 bits per heavy atom. The number of benzene rings is 1. The highest BCUT2D eigenvalue weighted by Crippen LogP contribution is 2.39. The van der Waals surface area contributed by atoms with Crippen LogP contribution in [0.1, 0.15) is 86.6 Å². The second-order valence-corrected chi connectivity index (χ2v) is 13.6. The quantitative estimate of drug-likeness (QED) is 0.371. The number of aryl methyl sites for hydroxylation is 1. The van der Waals surface area contributed by atoms with Crippen LogP contribution in [-0.2, 0) is 46.7 Å². The molecule has 0 unspecified atom stereocenters. The first kappa shape index (κ1) is 33.0. The average Bonchev–Trinajstić information content (AvgIpc) is 3.45. The third-order valence-corrected chi connectivity index (χ3v) is 10.7. The van der Waals surface area contributed by atoms with Crippen molar-refractivity contribution in [1.82, 2.24) is 30.4 Å². The maximum Gasteiger partial charge on any atom is 0.416 e. The van der Waals surface area contributed by atoms with Crippen molar-refractivity contribution in [2.24, 2.45) is 11.3 Å². The van der Waals surface area contributed by atoms with E-state index in [4.69, 9.17) is 9.94 Å². The standard InChI is InChI=1S/C34H47F3N6O3/c1-46-42-18-11-29-27(23-42)30(40-43(29)17-6-16-41-19-13-33(14-20-41)12-15-38-32(33)45)25-9-10-28(34(35,36)37)26(21-25)22-39-31(44)24-7-4-2-3-5-8-24/h9-10,21,24H,2-8,11-20,22-23H2,1H3,(H,38,45)(H,39,44). The molecule has 2 saturated heterocycles. The van der Waals surface area contributed by atoms with Gasteiger partial charge in [-0.05, 0) is 75.9 Å². The normalized spacial score (nSPS) is 21.3. The van der Waals surface area contributed by atoms with Gasteiger partial charge in [-0.15, -0.1) is 0 Å². The van der Waals surface area contributed by atoms with Crippen molar-refractivity contribution in [3.05, 3.63) is 40.6 Å². The molecule has 12 heteroatoms. The predicted molar refractivity (Wildman–Crippen MR) is 167 cm³/mol. The highest BCUT2D eigenvalue weighted by atomic mass is 19.4. The Morgan fingerprint density at radius 3 is 2.52 bits per heavy atom. The van der Waals surface area contributed by atoms with E-state index in [9.17, 15) is 22.8 Å². The molecule has 2 aromatic rings. The van der Waals surface area contributed by atoms with Crippen LogP contribution in [0.25, 0.3) is 11.3 Å². The summed E-state index contributed by atoms with van der Waals surface area (Å²) in [7, 11) is 1.63. The highest BCUT2D eigenvalue weighted by molar-refractivity contribution is 5.84. The molecule has 1 aromatic carbocycles. The fourth-order valence-electron chi connectivity index (χ4n) is 7.91. The molecule has 2 amide bonds. The van der Waals surface area contributed by atoms with Crippen molar-refractivity contribution in [3.8, 4) is 11.3 Å². The molecule has 1 spiro atoms. The van der Waals surface area contributed by atoms with Gasteiger partial charge in [-0.2, -0.15) is 23.3 Å². The van der Waals surface area contributed by atoms with E-state index in [0.29, 0.717) is 30.9 Å². The summed E-state index contributed by atoms with van der Waals surface area (Å²) in [4.78, 5) is 33.3. The maximum absolute atomic E-state index is 14.1. The third-order valence-electron chi connectivity index (χ3n) is 10.7. The van der Waals surface area contributed by atoms with Gasteiger partial charge in [0.2, 0.25) is 11.8 Å². The fraction of sp³-hybridized carbons (Fsp3) is 0.676. The number of rotatable bonds is 9. The number of carbonyl (C=O) groups is 2. The minimum atomic E-state index is -4.54. The number of nitrogens with zero attached hydrogens (tertiary/aromatic N) is 4. The summed E-state index contributed by atoms with van der Waals surface area (Å²) >= 11 is 0. The van der Waals surface area contributed by atoms with Crippen LogP contribution in [0.15, 0.2) is 18.2 Å². The number of hydroxylamine groups is 2. The summed E-state index contributed by atoms with van der Waals surface area (Å²) in [5.41, 5.74) is 2.46. The molecule has 252 valence electrons. The number of nitrogens with one attached hydrogen (secondary N) is 2. The first-order valence-corrected chi connectivity index (χ1v) is 17.0. The Balaban J connectivity index is 1.18. The third kappa shape index (κ3) is 7.13. The van der Waals surface area contributed by atoms with Crippen molar-refractivity contribution in [3.63, 3.8) is 0 Å². The van der Waals surface area contributed by atoms with Crippen LogP contribution in [0.3, 0.4) is 0 Å². The van der Waals surface area contributed by atoms with E-state index >= 15 is 0 Å². The van der Waals surface area contributed by atoms with Crippen LogP contribution in [0.5, 0.6) is 0 Å². The number of amides is 2. The molecule has 0 atom stereocenters. The zero-order chi connectivity index (χ0) is 32.3. The van der Waals surface area contributed by atoms with Gasteiger partial charge in [-0.25, -0.2) is 0 Å². The molecule has 1 saturated carbocycles. The first-order valence-electron chi connectivity index (χ1n) is 17.0. The van der Waals surface area contributed by atoms with Gasteiger partial charge < -0.3 is 20.4 Å². The lowest BCUT2D eigenvalue weighted by Crippen LogP contribution is -2.44. The predicted octanol–water partition coefficient (Wildman–Crippen LogP) is 5.07. The maximum atomic E-state index is 14.1. The molecule has 1 aromatic heterocycles. The second-order valence-electron chi connectivity index (χ2n) is 13.6. The van der Waals surface area contributed by atoms with Crippen molar-refractivity contribution in [1.29, 1.82) is 0 Å². The van der Waals surface area contributed by atoms with Crippen LogP contribution in [0.2, 0.25) is 0 Å². The number of halogens is 3. The first-order chi connectivity index (χ1) is 22.2. The van der Waals surface area contributed by atoms with E-state index < -0.39 is 11.7 Å². The molecule has 3 fully saturated rings. The number of aromatic nitrogens is 2. The molecule has 4 heterocycles. The van der Waals surface area contributed by atoms with Crippen LogP contribution >= 0.6 is 0 Å². The van der Waals surface area contributed by atoms with E-state index in [0.717, 1.165) is 114 Å². The molecular formula is C34H47F3N6O3. The van der Waals surface area contributed by atoms with E-state index in [2.05, 4.69) is 15.5 Å². The minimum Gasteiger partial charge on any atom is -0.356 e. The summed E-state index contributed by atoms with van der Waals surface area (Å²) < 4.78 is 44.4. The fourth-order valence-corrected chi connectivity index (χ4v) is 7.91. The van der Waals surface area contributed by atoms with Gasteiger partial charge in [0, 0.05) is 55.3 Å². The van der Waals surface area contributed by atoms with Crippen LogP contribution in [0, 0.1) is 11.3 Å². The molecule has 0 radical (unpaired) electrons. The SMILES string of the molecule is CON1CCc2c(c(-c3ccc(C(F)(F)F)c(CNC(=O)C4CCCCCC4)c3)nn2CCCN2CCC3(CCNC3=O)CC2)C1. The highest BCUT2D eigenvalue weighted by Gasteiger charge is 2.44. The molecule has 4 aliphatic rings. The summed E-state index contributed by atoms with van der Waals surface area (Å²) in [5.74, 6) is -0.0920. The Hall–Kier alpha value is -2.96. The number of fused-ring (bicyclic) bond motifs is 1. The lowest BCUT2D eigenvalue weighted by Gasteiger charge is -2.37. The summed E-state index contributed by atoms with van der Waals surface area (Å²) in [5, 5.41) is 12.7. The van der Waals surface area contributed by atoms with E-state index in [1.807, 2.05) is 9.75 Å². The Labute approximate surface area is 269 Å². The van der Waals surface area contributed by atoms with E-state index in [1.165, 1.54) is 6.07 Å².